The number of benzene rings is 1. The summed E-state index contributed by atoms with van der Waals surface area (Å²) in [5.41, 5.74) is 0.737. The summed E-state index contributed by atoms with van der Waals surface area (Å²) in [6, 6.07) is 7.34. The summed E-state index contributed by atoms with van der Waals surface area (Å²) >= 11 is 0. The molecule has 21 heavy (non-hydrogen) atoms. The Bertz CT molecular complexity index is 465. The second-order valence-corrected chi connectivity index (χ2v) is 5.44. The van der Waals surface area contributed by atoms with Crippen molar-refractivity contribution in [2.24, 2.45) is 5.92 Å². The maximum atomic E-state index is 12.1. The Morgan fingerprint density at radius 1 is 1.52 bits per heavy atom. The van der Waals surface area contributed by atoms with Gasteiger partial charge in [0.2, 0.25) is 0 Å². The fourth-order valence-corrected chi connectivity index (χ4v) is 2.37. The Labute approximate surface area is 125 Å². The lowest BCUT2D eigenvalue weighted by Crippen LogP contribution is -2.33. The molecule has 1 aliphatic heterocycles. The summed E-state index contributed by atoms with van der Waals surface area (Å²) in [5.74, 6) is 0.982. The van der Waals surface area contributed by atoms with Crippen LogP contribution in [0, 0.1) is 5.92 Å². The molecular formula is C16H24N2O3. The molecule has 0 aliphatic carbocycles. The van der Waals surface area contributed by atoms with Gasteiger partial charge in [-0.25, -0.2) is 4.79 Å². The number of hydrogen-bond donors (Lipinski definition) is 2. The maximum absolute atomic E-state index is 12.1. The first-order chi connectivity index (χ1) is 10.2. The predicted octanol–water partition coefficient (Wildman–Crippen LogP) is 2.71. The summed E-state index contributed by atoms with van der Waals surface area (Å²) in [4.78, 5) is 13.9. The summed E-state index contributed by atoms with van der Waals surface area (Å²) in [5, 5.41) is 12.0. The highest BCUT2D eigenvalue weighted by Gasteiger charge is 2.25. The zero-order chi connectivity index (χ0) is 15.1. The smallest absolute Gasteiger partial charge is 0.321 e. The molecule has 0 saturated carbocycles. The molecule has 1 saturated heterocycles. The Hall–Kier alpha value is -1.75. The fraction of sp³-hybridized carbons (Fsp3) is 0.562. The minimum Gasteiger partial charge on any atom is -0.494 e. The third-order valence-electron chi connectivity index (χ3n) is 3.68. The average molecular weight is 292 g/mol. The van der Waals surface area contributed by atoms with Crippen LogP contribution in [0.3, 0.4) is 0 Å². The largest absolute Gasteiger partial charge is 0.494 e. The highest BCUT2D eigenvalue weighted by atomic mass is 16.5. The SMILES string of the molecule is CCCCOc1cccc(NC(=O)N2CCC(CO)C2)c1. The van der Waals surface area contributed by atoms with E-state index in [1.807, 2.05) is 24.3 Å². The summed E-state index contributed by atoms with van der Waals surface area (Å²) in [6.07, 6.45) is 2.98. The third-order valence-corrected chi connectivity index (χ3v) is 3.68. The van der Waals surface area contributed by atoms with Gasteiger partial charge in [-0.15, -0.1) is 0 Å². The number of nitrogens with one attached hydrogen (secondary N) is 1. The molecule has 2 rings (SSSR count). The number of likely N-dealkylation sites (tertiary alicyclic amines) is 1. The number of nitrogens with zero attached hydrogens (tertiary/aromatic N) is 1. The number of hydrogen-bond acceptors (Lipinski definition) is 3. The number of urea groups is 1. The minimum atomic E-state index is -0.114. The summed E-state index contributed by atoms with van der Waals surface area (Å²) < 4.78 is 5.63. The van der Waals surface area contributed by atoms with E-state index in [1.54, 1.807) is 4.90 Å². The number of amides is 2. The van der Waals surface area contributed by atoms with Crippen molar-refractivity contribution in [1.82, 2.24) is 4.90 Å². The van der Waals surface area contributed by atoms with Gasteiger partial charge in [-0.3, -0.25) is 0 Å². The Kier molecular flexibility index (Phi) is 5.87. The van der Waals surface area contributed by atoms with Crippen LogP contribution in [0.2, 0.25) is 0 Å². The molecule has 1 aromatic carbocycles. The van der Waals surface area contributed by atoms with Crippen molar-refractivity contribution >= 4 is 11.7 Å². The van der Waals surface area contributed by atoms with Crippen LogP contribution >= 0.6 is 0 Å². The van der Waals surface area contributed by atoms with Crippen LogP contribution in [0.1, 0.15) is 26.2 Å². The van der Waals surface area contributed by atoms with E-state index in [0.29, 0.717) is 19.7 Å². The van der Waals surface area contributed by atoms with Gasteiger partial charge in [0.15, 0.2) is 0 Å². The van der Waals surface area contributed by atoms with E-state index in [2.05, 4.69) is 12.2 Å². The normalized spacial score (nSPS) is 17.8. The Morgan fingerprint density at radius 3 is 3.10 bits per heavy atom. The van der Waals surface area contributed by atoms with Gasteiger partial charge in [0, 0.05) is 37.4 Å². The topological polar surface area (TPSA) is 61.8 Å². The van der Waals surface area contributed by atoms with E-state index >= 15 is 0 Å². The molecule has 2 amide bonds. The molecule has 1 aromatic rings. The molecule has 1 aliphatic rings. The van der Waals surface area contributed by atoms with Gasteiger partial charge in [0.05, 0.1) is 6.61 Å². The molecule has 5 heteroatoms. The van der Waals surface area contributed by atoms with E-state index in [1.165, 1.54) is 0 Å². The predicted molar refractivity (Wildman–Crippen MR) is 82.6 cm³/mol. The third kappa shape index (κ3) is 4.63. The molecule has 0 bridgehead atoms. The van der Waals surface area contributed by atoms with Crippen molar-refractivity contribution in [1.29, 1.82) is 0 Å². The minimum absolute atomic E-state index is 0.114. The van der Waals surface area contributed by atoms with Crippen molar-refractivity contribution in [2.45, 2.75) is 26.2 Å². The molecule has 5 nitrogen and oxygen atoms in total. The first kappa shape index (κ1) is 15.6. The Morgan fingerprint density at radius 2 is 2.38 bits per heavy atom. The number of aliphatic hydroxyl groups is 1. The van der Waals surface area contributed by atoms with E-state index in [4.69, 9.17) is 9.84 Å². The van der Waals surface area contributed by atoms with Gasteiger partial charge < -0.3 is 20.1 Å². The van der Waals surface area contributed by atoms with Gasteiger partial charge in [-0.2, -0.15) is 0 Å². The van der Waals surface area contributed by atoms with Crippen molar-refractivity contribution < 1.29 is 14.6 Å². The fourth-order valence-electron chi connectivity index (χ4n) is 2.37. The monoisotopic (exact) mass is 292 g/mol. The lowest BCUT2D eigenvalue weighted by Gasteiger charge is -2.17. The second kappa shape index (κ2) is 7.88. The van der Waals surface area contributed by atoms with Crippen LogP contribution in [0.25, 0.3) is 0 Å². The first-order valence-electron chi connectivity index (χ1n) is 7.62. The molecule has 1 fully saturated rings. The van der Waals surface area contributed by atoms with Crippen LogP contribution in [0.4, 0.5) is 10.5 Å². The number of aliphatic hydroxyl groups excluding tert-OH is 1. The van der Waals surface area contributed by atoms with Crippen molar-refractivity contribution in [3.05, 3.63) is 24.3 Å². The van der Waals surface area contributed by atoms with E-state index in [-0.39, 0.29) is 18.6 Å². The van der Waals surface area contributed by atoms with Gasteiger partial charge >= 0.3 is 6.03 Å². The summed E-state index contributed by atoms with van der Waals surface area (Å²) in [6.45, 7) is 4.28. The number of carbonyl (C=O) groups excluding carboxylic acids is 1. The highest BCUT2D eigenvalue weighted by Crippen LogP contribution is 2.20. The molecule has 1 atom stereocenters. The molecule has 0 spiro atoms. The molecule has 2 N–H and O–H groups in total. The van der Waals surface area contributed by atoms with Gasteiger partial charge in [0.25, 0.3) is 0 Å². The number of rotatable bonds is 6. The van der Waals surface area contributed by atoms with Crippen molar-refractivity contribution in [3.63, 3.8) is 0 Å². The number of unbranched alkanes of at least 4 members (excludes halogenated alkanes) is 1. The molecule has 0 aromatic heterocycles. The quantitative estimate of drug-likeness (QED) is 0.792. The van der Waals surface area contributed by atoms with Gasteiger partial charge in [-0.1, -0.05) is 19.4 Å². The number of ether oxygens (including phenoxy) is 1. The lowest BCUT2D eigenvalue weighted by molar-refractivity contribution is 0.209. The van der Waals surface area contributed by atoms with E-state index < -0.39 is 0 Å². The first-order valence-corrected chi connectivity index (χ1v) is 7.62. The number of carbonyl (C=O) groups is 1. The van der Waals surface area contributed by atoms with E-state index in [9.17, 15) is 4.79 Å². The van der Waals surface area contributed by atoms with Gasteiger partial charge in [0.1, 0.15) is 5.75 Å². The van der Waals surface area contributed by atoms with Crippen LogP contribution in [-0.4, -0.2) is 42.3 Å². The Balaban J connectivity index is 1.87. The zero-order valence-electron chi connectivity index (χ0n) is 12.5. The molecule has 0 radical (unpaired) electrons. The van der Waals surface area contributed by atoms with E-state index in [0.717, 1.165) is 30.7 Å². The number of anilines is 1. The highest BCUT2D eigenvalue weighted by molar-refractivity contribution is 5.89. The van der Waals surface area contributed by atoms with Crippen LogP contribution in [-0.2, 0) is 0 Å². The van der Waals surface area contributed by atoms with Crippen molar-refractivity contribution in [3.8, 4) is 5.75 Å². The lowest BCUT2D eigenvalue weighted by atomic mass is 10.1. The average Bonchev–Trinajstić information content (AvgIpc) is 2.97. The zero-order valence-corrected chi connectivity index (χ0v) is 12.5. The van der Waals surface area contributed by atoms with Crippen LogP contribution in [0.5, 0.6) is 5.75 Å². The standard InChI is InChI=1S/C16H24N2O3/c1-2-3-9-21-15-6-4-5-14(10-15)17-16(20)18-8-7-13(11-18)12-19/h4-6,10,13,19H,2-3,7-9,11-12H2,1H3,(H,17,20). The van der Waals surface area contributed by atoms with Crippen LogP contribution < -0.4 is 10.1 Å². The summed E-state index contributed by atoms with van der Waals surface area (Å²) in [7, 11) is 0. The van der Waals surface area contributed by atoms with Crippen LogP contribution in [0.15, 0.2) is 24.3 Å². The maximum Gasteiger partial charge on any atom is 0.321 e. The molecule has 1 unspecified atom stereocenters. The molecular weight excluding hydrogens is 268 g/mol. The molecule has 116 valence electrons. The molecule has 1 heterocycles. The second-order valence-electron chi connectivity index (χ2n) is 5.44. The van der Waals surface area contributed by atoms with Crippen molar-refractivity contribution in [2.75, 3.05) is 31.6 Å². The van der Waals surface area contributed by atoms with Gasteiger partial charge in [-0.05, 0) is 25.0 Å².